The van der Waals surface area contributed by atoms with E-state index in [-0.39, 0.29) is 35.4 Å². The number of aromatic nitrogens is 3. The Labute approximate surface area is 143 Å². The van der Waals surface area contributed by atoms with E-state index in [9.17, 15) is 18.4 Å². The van der Waals surface area contributed by atoms with Gasteiger partial charge in [0.1, 0.15) is 17.4 Å². The number of hydrogen-bond donors (Lipinski definition) is 0. The monoisotopic (exact) mass is 348 g/mol. The summed E-state index contributed by atoms with van der Waals surface area (Å²) in [6.45, 7) is 2.28. The Morgan fingerprint density at radius 2 is 2.00 bits per heavy atom. The van der Waals surface area contributed by atoms with E-state index in [1.807, 2.05) is 0 Å². The van der Waals surface area contributed by atoms with Crippen LogP contribution in [0, 0.1) is 17.6 Å². The number of halogens is 2. The Kier molecular flexibility index (Phi) is 4.87. The maximum absolute atomic E-state index is 13.7. The van der Waals surface area contributed by atoms with Crippen LogP contribution in [0.4, 0.5) is 8.78 Å². The third kappa shape index (κ3) is 3.72. The number of ketones is 1. The number of carbonyl (C=O) groups is 2. The zero-order chi connectivity index (χ0) is 18.0. The van der Waals surface area contributed by atoms with Crippen LogP contribution in [-0.4, -0.2) is 44.7 Å². The summed E-state index contributed by atoms with van der Waals surface area (Å²) in [6, 6.07) is 3.61. The highest BCUT2D eigenvalue weighted by molar-refractivity contribution is 5.92. The molecule has 0 aliphatic carbocycles. The van der Waals surface area contributed by atoms with Crippen LogP contribution in [-0.2, 0) is 11.3 Å². The van der Waals surface area contributed by atoms with Crippen molar-refractivity contribution in [2.45, 2.75) is 26.3 Å². The van der Waals surface area contributed by atoms with Gasteiger partial charge in [-0.1, -0.05) is 11.3 Å². The molecular formula is C17H18F2N4O2. The normalized spacial score (nSPS) is 17.6. The summed E-state index contributed by atoms with van der Waals surface area (Å²) in [4.78, 5) is 25.6. The Balaban J connectivity index is 1.73. The molecule has 3 rings (SSSR count). The van der Waals surface area contributed by atoms with Gasteiger partial charge in [0.2, 0.25) is 0 Å². The molecule has 6 nitrogen and oxygen atoms in total. The summed E-state index contributed by atoms with van der Waals surface area (Å²) < 4.78 is 28.6. The molecule has 0 saturated carbocycles. The molecule has 1 atom stereocenters. The van der Waals surface area contributed by atoms with E-state index in [1.54, 1.807) is 4.90 Å². The summed E-state index contributed by atoms with van der Waals surface area (Å²) in [5.41, 5.74) is -0.0398. The van der Waals surface area contributed by atoms with Crippen molar-refractivity contribution >= 4 is 11.7 Å². The van der Waals surface area contributed by atoms with Crippen LogP contribution < -0.4 is 0 Å². The second-order valence-corrected chi connectivity index (χ2v) is 6.20. The van der Waals surface area contributed by atoms with Crippen LogP contribution in [0.2, 0.25) is 0 Å². The highest BCUT2D eigenvalue weighted by atomic mass is 19.1. The van der Waals surface area contributed by atoms with Crippen LogP contribution in [0.15, 0.2) is 24.4 Å². The van der Waals surface area contributed by atoms with Crippen LogP contribution in [0.25, 0.3) is 0 Å². The Morgan fingerprint density at radius 3 is 2.68 bits per heavy atom. The molecular weight excluding hydrogens is 330 g/mol. The van der Waals surface area contributed by atoms with Crippen molar-refractivity contribution in [3.63, 3.8) is 0 Å². The van der Waals surface area contributed by atoms with Crippen molar-refractivity contribution in [1.82, 2.24) is 19.9 Å². The zero-order valence-corrected chi connectivity index (χ0v) is 13.8. The summed E-state index contributed by atoms with van der Waals surface area (Å²) in [7, 11) is 0. The molecule has 1 aromatic heterocycles. The van der Waals surface area contributed by atoms with Gasteiger partial charge in [0.15, 0.2) is 5.69 Å². The number of piperidine rings is 1. The van der Waals surface area contributed by atoms with Gasteiger partial charge in [0, 0.05) is 24.6 Å². The van der Waals surface area contributed by atoms with Gasteiger partial charge in [-0.15, -0.1) is 5.10 Å². The highest BCUT2D eigenvalue weighted by Gasteiger charge is 2.28. The smallest absolute Gasteiger partial charge is 0.276 e. The number of likely N-dealkylation sites (tertiary alicyclic amines) is 1. The predicted molar refractivity (Wildman–Crippen MR) is 84.8 cm³/mol. The van der Waals surface area contributed by atoms with E-state index in [2.05, 4.69) is 10.3 Å². The first-order valence-electron chi connectivity index (χ1n) is 8.08. The van der Waals surface area contributed by atoms with Crippen molar-refractivity contribution < 1.29 is 18.4 Å². The van der Waals surface area contributed by atoms with E-state index < -0.39 is 11.6 Å². The molecule has 1 unspecified atom stereocenters. The number of rotatable bonds is 4. The Hall–Kier alpha value is -2.64. The van der Waals surface area contributed by atoms with Gasteiger partial charge in [0.05, 0.1) is 12.7 Å². The van der Waals surface area contributed by atoms with Crippen molar-refractivity contribution in [3.8, 4) is 0 Å². The summed E-state index contributed by atoms with van der Waals surface area (Å²) in [5.74, 6) is -1.77. The number of nitrogens with zero attached hydrogens (tertiary/aromatic N) is 4. The van der Waals surface area contributed by atoms with Crippen molar-refractivity contribution in [1.29, 1.82) is 0 Å². The van der Waals surface area contributed by atoms with Crippen molar-refractivity contribution in [3.05, 3.63) is 47.3 Å². The van der Waals surface area contributed by atoms with Gasteiger partial charge in [-0.2, -0.15) is 0 Å². The second-order valence-electron chi connectivity index (χ2n) is 6.20. The molecule has 1 saturated heterocycles. The standard InChI is InChI=1S/C17H18F2N4O2/c1-11(24)12-4-3-7-22(8-12)17(25)16-10-23(21-20-16)9-13-14(18)5-2-6-15(13)19/h2,5-6,10,12H,3-4,7-9H2,1H3. The highest BCUT2D eigenvalue weighted by Crippen LogP contribution is 2.19. The SMILES string of the molecule is CC(=O)C1CCCN(C(=O)c2cn(Cc3c(F)cccc3F)nn2)C1. The third-order valence-corrected chi connectivity index (χ3v) is 4.42. The van der Waals surface area contributed by atoms with E-state index in [4.69, 9.17) is 0 Å². The quantitative estimate of drug-likeness (QED) is 0.848. The lowest BCUT2D eigenvalue weighted by atomic mass is 9.94. The minimum absolute atomic E-state index is 0.0659. The Bertz CT molecular complexity index is 785. The van der Waals surface area contributed by atoms with Crippen molar-refractivity contribution in [2.24, 2.45) is 5.92 Å². The first-order chi connectivity index (χ1) is 12.0. The summed E-state index contributed by atoms with van der Waals surface area (Å²) >= 11 is 0. The molecule has 0 radical (unpaired) electrons. The van der Waals surface area contributed by atoms with E-state index in [1.165, 1.54) is 23.9 Å². The molecule has 1 amide bonds. The molecule has 25 heavy (non-hydrogen) atoms. The van der Waals surface area contributed by atoms with Gasteiger partial charge < -0.3 is 4.90 Å². The van der Waals surface area contributed by atoms with Gasteiger partial charge in [-0.25, -0.2) is 13.5 Å². The van der Waals surface area contributed by atoms with Crippen LogP contribution in [0.5, 0.6) is 0 Å². The molecule has 2 heterocycles. The molecule has 1 aliphatic heterocycles. The number of hydrogen-bond acceptors (Lipinski definition) is 4. The van der Waals surface area contributed by atoms with Gasteiger partial charge in [0.25, 0.3) is 5.91 Å². The first-order valence-corrected chi connectivity index (χ1v) is 8.08. The summed E-state index contributed by atoms with van der Waals surface area (Å²) in [5, 5.41) is 7.59. The molecule has 1 fully saturated rings. The number of amides is 1. The zero-order valence-electron chi connectivity index (χ0n) is 13.8. The first kappa shape index (κ1) is 17.2. The third-order valence-electron chi connectivity index (χ3n) is 4.42. The number of Topliss-reactive ketones (excluding diaryl/α,β-unsaturated/α-hetero) is 1. The van der Waals surface area contributed by atoms with E-state index >= 15 is 0 Å². The van der Waals surface area contributed by atoms with Crippen LogP contribution in [0.3, 0.4) is 0 Å². The van der Waals surface area contributed by atoms with E-state index in [0.717, 1.165) is 25.0 Å². The van der Waals surface area contributed by atoms with Crippen molar-refractivity contribution in [2.75, 3.05) is 13.1 Å². The van der Waals surface area contributed by atoms with Gasteiger partial charge >= 0.3 is 0 Å². The molecule has 1 aliphatic rings. The predicted octanol–water partition coefficient (Wildman–Crippen LogP) is 2.05. The molecule has 0 bridgehead atoms. The number of carbonyl (C=O) groups excluding carboxylic acids is 2. The fraction of sp³-hybridized carbons (Fsp3) is 0.412. The van der Waals surface area contributed by atoms with Crippen LogP contribution in [0.1, 0.15) is 35.8 Å². The molecule has 132 valence electrons. The second kappa shape index (κ2) is 7.08. The van der Waals surface area contributed by atoms with E-state index in [0.29, 0.717) is 13.1 Å². The summed E-state index contributed by atoms with van der Waals surface area (Å²) in [6.07, 6.45) is 2.90. The lowest BCUT2D eigenvalue weighted by Crippen LogP contribution is -2.42. The van der Waals surface area contributed by atoms with Crippen LogP contribution >= 0.6 is 0 Å². The Morgan fingerprint density at radius 1 is 1.28 bits per heavy atom. The lowest BCUT2D eigenvalue weighted by Gasteiger charge is -2.30. The minimum Gasteiger partial charge on any atom is -0.336 e. The van der Waals surface area contributed by atoms with Gasteiger partial charge in [-0.3, -0.25) is 9.59 Å². The maximum atomic E-state index is 13.7. The topological polar surface area (TPSA) is 68.1 Å². The largest absolute Gasteiger partial charge is 0.336 e. The molecule has 0 spiro atoms. The minimum atomic E-state index is -0.677. The average Bonchev–Trinajstić information content (AvgIpc) is 3.06. The maximum Gasteiger partial charge on any atom is 0.276 e. The fourth-order valence-corrected chi connectivity index (χ4v) is 2.97. The molecule has 2 aromatic rings. The van der Waals surface area contributed by atoms with Gasteiger partial charge in [-0.05, 0) is 31.9 Å². The number of benzene rings is 1. The lowest BCUT2D eigenvalue weighted by molar-refractivity contribution is -0.122. The molecule has 0 N–H and O–H groups in total. The molecule has 1 aromatic carbocycles. The molecule has 8 heteroatoms. The average molecular weight is 348 g/mol. The fourth-order valence-electron chi connectivity index (χ4n) is 2.97.